The van der Waals surface area contributed by atoms with Gasteiger partial charge in [0.2, 0.25) is 5.88 Å². The van der Waals surface area contributed by atoms with Crippen LogP contribution in [0.25, 0.3) is 11.3 Å². The highest BCUT2D eigenvalue weighted by molar-refractivity contribution is 5.95. The predicted octanol–water partition coefficient (Wildman–Crippen LogP) is 4.76. The summed E-state index contributed by atoms with van der Waals surface area (Å²) in [6.45, 7) is 8.27. The number of piperidine rings is 1. The summed E-state index contributed by atoms with van der Waals surface area (Å²) in [5.41, 5.74) is 2.30. The van der Waals surface area contributed by atoms with Crippen LogP contribution in [0.1, 0.15) is 45.6 Å². The van der Waals surface area contributed by atoms with E-state index in [0.29, 0.717) is 62.4 Å². The van der Waals surface area contributed by atoms with Gasteiger partial charge in [-0.2, -0.15) is 0 Å². The number of cyclic esters (lactones) is 1. The molecule has 3 aliphatic rings. The predicted molar refractivity (Wildman–Crippen MR) is 173 cm³/mol. The van der Waals surface area contributed by atoms with Crippen molar-refractivity contribution in [2.75, 3.05) is 43.0 Å². The summed E-state index contributed by atoms with van der Waals surface area (Å²) >= 11 is 0. The van der Waals surface area contributed by atoms with Crippen LogP contribution >= 0.6 is 0 Å². The molecule has 0 spiro atoms. The fourth-order valence-electron chi connectivity index (χ4n) is 5.64. The molecule has 0 aliphatic carbocycles. The minimum atomic E-state index is -0.544. The first-order valence-corrected chi connectivity index (χ1v) is 15.9. The summed E-state index contributed by atoms with van der Waals surface area (Å²) in [7, 11) is 0. The van der Waals surface area contributed by atoms with Crippen molar-refractivity contribution in [3.05, 3.63) is 60.2 Å². The van der Waals surface area contributed by atoms with E-state index in [2.05, 4.69) is 21.7 Å². The van der Waals surface area contributed by atoms with Crippen molar-refractivity contribution >= 4 is 29.7 Å². The van der Waals surface area contributed by atoms with Gasteiger partial charge in [0.1, 0.15) is 23.6 Å². The van der Waals surface area contributed by atoms with E-state index < -0.39 is 11.7 Å². The van der Waals surface area contributed by atoms with Crippen molar-refractivity contribution in [1.82, 2.24) is 20.2 Å². The normalized spacial score (nSPS) is 19.4. The van der Waals surface area contributed by atoms with Gasteiger partial charge < -0.3 is 34.5 Å². The van der Waals surface area contributed by atoms with E-state index >= 15 is 0 Å². The van der Waals surface area contributed by atoms with Gasteiger partial charge in [0.15, 0.2) is 18.2 Å². The Hall–Kier alpha value is -4.91. The third-order valence-electron chi connectivity index (χ3n) is 7.85. The van der Waals surface area contributed by atoms with E-state index in [1.165, 1.54) is 4.90 Å². The number of pyridine rings is 2. The Kier molecular flexibility index (Phi) is 9.43. The molecule has 6 rings (SSSR count). The van der Waals surface area contributed by atoms with Gasteiger partial charge in [-0.1, -0.05) is 24.3 Å². The summed E-state index contributed by atoms with van der Waals surface area (Å²) < 4.78 is 22.7. The van der Waals surface area contributed by atoms with Crippen molar-refractivity contribution in [2.24, 2.45) is 0 Å². The minimum absolute atomic E-state index is 0.0580. The fourth-order valence-corrected chi connectivity index (χ4v) is 5.64. The third kappa shape index (κ3) is 8.28. The first-order valence-electron chi connectivity index (χ1n) is 15.9. The number of benzene rings is 1. The molecule has 248 valence electrons. The molecule has 2 atom stereocenters. The van der Waals surface area contributed by atoms with Crippen molar-refractivity contribution in [1.29, 1.82) is 0 Å². The van der Waals surface area contributed by atoms with Gasteiger partial charge in [-0.3, -0.25) is 9.69 Å². The van der Waals surface area contributed by atoms with E-state index in [1.807, 2.05) is 57.2 Å². The van der Waals surface area contributed by atoms with Gasteiger partial charge in [0, 0.05) is 24.7 Å². The van der Waals surface area contributed by atoms with E-state index in [-0.39, 0.29) is 30.8 Å². The summed E-state index contributed by atoms with van der Waals surface area (Å²) in [5, 5.41) is 6.10. The molecule has 1 aromatic carbocycles. The van der Waals surface area contributed by atoms with Gasteiger partial charge in [-0.25, -0.2) is 19.6 Å². The molecule has 3 aliphatic heterocycles. The second-order valence-electron chi connectivity index (χ2n) is 12.8. The summed E-state index contributed by atoms with van der Waals surface area (Å²) in [6, 6.07) is 17.2. The lowest BCUT2D eigenvalue weighted by molar-refractivity contribution is -0.118. The lowest BCUT2D eigenvalue weighted by atomic mass is 10.1. The number of fused-ring (bicyclic) bond motifs is 1. The average molecular weight is 645 g/mol. The van der Waals surface area contributed by atoms with E-state index in [1.54, 1.807) is 17.0 Å². The zero-order valence-corrected chi connectivity index (χ0v) is 26.9. The van der Waals surface area contributed by atoms with Crippen LogP contribution in [-0.4, -0.2) is 83.6 Å². The maximum Gasteiger partial charge on any atom is 0.415 e. The molecule has 2 N–H and O–H groups in total. The number of carbonyl (C=O) groups excluding carboxylic acids is 3. The number of nitrogens with one attached hydrogen (secondary N) is 2. The second kappa shape index (κ2) is 13.8. The van der Waals surface area contributed by atoms with Crippen LogP contribution < -0.4 is 25.0 Å². The number of aromatic nitrogens is 2. The number of nitrogens with zero attached hydrogens (tertiary/aromatic N) is 4. The largest absolute Gasteiger partial charge is 0.480 e. The quantitative estimate of drug-likeness (QED) is 0.313. The number of hydrogen-bond donors (Lipinski definition) is 2. The van der Waals surface area contributed by atoms with Crippen LogP contribution in [0.2, 0.25) is 0 Å². The third-order valence-corrected chi connectivity index (χ3v) is 7.85. The number of amides is 3. The Balaban J connectivity index is 0.984. The van der Waals surface area contributed by atoms with Gasteiger partial charge in [-0.15, -0.1) is 0 Å². The van der Waals surface area contributed by atoms with E-state index in [0.717, 1.165) is 29.7 Å². The van der Waals surface area contributed by atoms with Crippen LogP contribution in [0.3, 0.4) is 0 Å². The smallest absolute Gasteiger partial charge is 0.415 e. The molecule has 13 nitrogen and oxygen atoms in total. The molecular weight excluding hydrogens is 604 g/mol. The Morgan fingerprint density at radius 2 is 1.94 bits per heavy atom. The second-order valence-corrected chi connectivity index (χ2v) is 12.8. The van der Waals surface area contributed by atoms with Crippen LogP contribution in [0, 0.1) is 0 Å². The van der Waals surface area contributed by atoms with Gasteiger partial charge in [-0.05, 0) is 76.4 Å². The first-order chi connectivity index (χ1) is 22.6. The highest BCUT2D eigenvalue weighted by Crippen LogP contribution is 2.30. The Morgan fingerprint density at radius 3 is 2.79 bits per heavy atom. The Morgan fingerprint density at radius 1 is 1.09 bits per heavy atom. The molecule has 47 heavy (non-hydrogen) atoms. The SMILES string of the molecule is CC(C)(C)OC(=O)N1CCCC(Oc2cccc(-c3cccc(CNCC[C@H]4CN(c5ccc6c(n5)NC(=O)CO6)C(=O)O4)c3)n2)C1. The summed E-state index contributed by atoms with van der Waals surface area (Å²) in [5.74, 6) is 1.39. The lowest BCUT2D eigenvalue weighted by Crippen LogP contribution is -2.46. The van der Waals surface area contributed by atoms with E-state index in [9.17, 15) is 14.4 Å². The number of rotatable bonds is 9. The zero-order valence-electron chi connectivity index (χ0n) is 26.9. The highest BCUT2D eigenvalue weighted by Gasteiger charge is 2.34. The van der Waals surface area contributed by atoms with Gasteiger partial charge in [0.05, 0.1) is 18.8 Å². The molecule has 13 heteroatoms. The standard InChI is InChI=1S/C34H40N6O7/c1-34(2,3)47-32(42)39-16-6-9-24(19-39)45-30-11-5-10-26(36-30)23-8-4-7-22(17-23)18-35-15-14-25-20-40(33(43)46-25)28-13-12-27-31(37-28)38-29(41)21-44-27/h4-5,7-8,10-13,17,24-25,35H,6,9,14-16,18-21H2,1-3H3,(H,37,38,41)/t24?,25-/m0/s1. The van der Waals surface area contributed by atoms with Gasteiger partial charge in [0.25, 0.3) is 5.91 Å². The number of ether oxygens (including phenoxy) is 4. The molecular formula is C34H40N6O7. The van der Waals surface area contributed by atoms with Gasteiger partial charge >= 0.3 is 12.2 Å². The molecule has 2 saturated heterocycles. The van der Waals surface area contributed by atoms with Crippen LogP contribution in [-0.2, 0) is 20.8 Å². The molecule has 5 heterocycles. The Bertz CT molecular complexity index is 1630. The number of carbonyl (C=O) groups is 3. The van der Waals surface area contributed by atoms with Crippen molar-refractivity contribution in [3.8, 4) is 22.9 Å². The number of hydrogen-bond acceptors (Lipinski definition) is 10. The molecule has 2 fully saturated rings. The van der Waals surface area contributed by atoms with Crippen LogP contribution in [0.4, 0.5) is 21.2 Å². The number of anilines is 2. The monoisotopic (exact) mass is 644 g/mol. The van der Waals surface area contributed by atoms with Crippen molar-refractivity contribution in [2.45, 2.75) is 64.4 Å². The Labute approximate surface area is 273 Å². The topological polar surface area (TPSA) is 144 Å². The fraction of sp³-hybridized carbons (Fsp3) is 0.441. The average Bonchev–Trinajstić information content (AvgIpc) is 3.42. The van der Waals surface area contributed by atoms with E-state index in [4.69, 9.17) is 23.9 Å². The molecule has 3 amide bonds. The zero-order chi connectivity index (χ0) is 33.0. The minimum Gasteiger partial charge on any atom is -0.480 e. The molecule has 1 unspecified atom stereocenters. The molecule has 2 aromatic heterocycles. The molecule has 0 saturated carbocycles. The summed E-state index contributed by atoms with van der Waals surface area (Å²) in [4.78, 5) is 49.1. The lowest BCUT2D eigenvalue weighted by Gasteiger charge is -2.34. The maximum atomic E-state index is 12.6. The summed E-state index contributed by atoms with van der Waals surface area (Å²) in [6.07, 6.45) is 1.05. The molecule has 3 aromatic rings. The van der Waals surface area contributed by atoms with Crippen molar-refractivity contribution in [3.63, 3.8) is 0 Å². The maximum absolute atomic E-state index is 12.6. The first kappa shape index (κ1) is 32.0. The van der Waals surface area contributed by atoms with Crippen molar-refractivity contribution < 1.29 is 33.3 Å². The molecule has 0 bridgehead atoms. The highest BCUT2D eigenvalue weighted by atomic mass is 16.6. The molecule has 0 radical (unpaired) electrons. The van der Waals surface area contributed by atoms with Crippen LogP contribution in [0.5, 0.6) is 11.6 Å². The number of likely N-dealkylation sites (tertiary alicyclic amines) is 1. The van der Waals surface area contributed by atoms with Crippen LogP contribution in [0.15, 0.2) is 54.6 Å².